The van der Waals surface area contributed by atoms with Crippen LogP contribution in [0, 0.1) is 19.7 Å². The molecule has 0 atom stereocenters. The molecule has 2 aromatic carbocycles. The van der Waals surface area contributed by atoms with Crippen LogP contribution in [0.3, 0.4) is 0 Å². The molecule has 0 aromatic heterocycles. The zero-order valence-corrected chi connectivity index (χ0v) is 16.7. The fourth-order valence-corrected chi connectivity index (χ4v) is 3.49. The van der Waals surface area contributed by atoms with E-state index in [4.69, 9.17) is 11.6 Å². The van der Waals surface area contributed by atoms with Crippen LogP contribution in [0.4, 0.5) is 4.39 Å². The first-order valence-electron chi connectivity index (χ1n) is 9.14. The van der Waals surface area contributed by atoms with Gasteiger partial charge in [0, 0.05) is 32.3 Å². The molecule has 1 aliphatic rings. The van der Waals surface area contributed by atoms with Crippen molar-refractivity contribution in [3.63, 3.8) is 0 Å². The molecule has 1 fully saturated rings. The number of aryl methyl sites for hydroxylation is 2. The smallest absolute Gasteiger partial charge is 0.255 e. The highest BCUT2D eigenvalue weighted by atomic mass is 35.5. The van der Waals surface area contributed by atoms with Crippen molar-refractivity contribution in [1.82, 2.24) is 9.80 Å². The first-order valence-corrected chi connectivity index (χ1v) is 9.51. The van der Waals surface area contributed by atoms with Crippen molar-refractivity contribution in [1.29, 1.82) is 0 Å². The van der Waals surface area contributed by atoms with Crippen LogP contribution in [-0.4, -0.2) is 47.8 Å². The summed E-state index contributed by atoms with van der Waals surface area (Å²) in [6, 6.07) is 9.84. The second-order valence-electron chi connectivity index (χ2n) is 6.94. The quantitative estimate of drug-likeness (QED) is 0.728. The molecule has 0 bridgehead atoms. The number of carbonyl (C=O) groups is 2. The molecule has 0 spiro atoms. The third kappa shape index (κ3) is 4.60. The molecule has 0 aliphatic carbocycles. The molecule has 0 saturated carbocycles. The van der Waals surface area contributed by atoms with Gasteiger partial charge in [0.25, 0.3) is 5.91 Å². The highest BCUT2D eigenvalue weighted by Crippen LogP contribution is 2.20. The van der Waals surface area contributed by atoms with Gasteiger partial charge in [-0.25, -0.2) is 4.39 Å². The van der Waals surface area contributed by atoms with Gasteiger partial charge < -0.3 is 9.80 Å². The summed E-state index contributed by atoms with van der Waals surface area (Å²) < 4.78 is 13.2. The van der Waals surface area contributed by atoms with E-state index in [0.29, 0.717) is 26.2 Å². The Balaban J connectivity index is 1.59. The Hall–Kier alpha value is -2.66. The molecule has 28 heavy (non-hydrogen) atoms. The van der Waals surface area contributed by atoms with E-state index in [1.807, 2.05) is 32.1 Å². The third-order valence-corrected chi connectivity index (χ3v) is 5.18. The zero-order chi connectivity index (χ0) is 20.3. The highest BCUT2D eigenvalue weighted by molar-refractivity contribution is 6.33. The average molecular weight is 401 g/mol. The van der Waals surface area contributed by atoms with Crippen molar-refractivity contribution in [2.75, 3.05) is 26.2 Å². The van der Waals surface area contributed by atoms with Crippen LogP contribution in [-0.2, 0) is 4.79 Å². The lowest BCUT2D eigenvalue weighted by atomic mass is 10.1. The lowest BCUT2D eigenvalue weighted by molar-refractivity contribution is -0.127. The molecule has 1 saturated heterocycles. The summed E-state index contributed by atoms with van der Waals surface area (Å²) in [4.78, 5) is 28.4. The van der Waals surface area contributed by atoms with Gasteiger partial charge in [-0.3, -0.25) is 9.59 Å². The predicted molar refractivity (Wildman–Crippen MR) is 109 cm³/mol. The standard InChI is InChI=1S/C22H22ClFN2O2/c1-15-3-4-17(16(2)13-15)5-8-21(27)25-9-11-26(12-10-25)22(28)19-7-6-18(24)14-20(19)23/h3-8,13-14H,9-12H2,1-2H3/b8-5+. The first kappa shape index (κ1) is 20.1. The van der Waals surface area contributed by atoms with Crippen molar-refractivity contribution in [2.45, 2.75) is 13.8 Å². The predicted octanol–water partition coefficient (Wildman–Crippen LogP) is 4.09. The summed E-state index contributed by atoms with van der Waals surface area (Å²) in [7, 11) is 0. The number of amides is 2. The number of benzene rings is 2. The normalized spacial score (nSPS) is 14.6. The molecule has 2 amide bonds. The number of hydrogen-bond acceptors (Lipinski definition) is 2. The summed E-state index contributed by atoms with van der Waals surface area (Å²) in [5, 5.41) is 0.0971. The van der Waals surface area contributed by atoms with Crippen molar-refractivity contribution >= 4 is 29.5 Å². The maximum Gasteiger partial charge on any atom is 0.255 e. The highest BCUT2D eigenvalue weighted by Gasteiger charge is 2.25. The van der Waals surface area contributed by atoms with Crippen LogP contribution in [0.5, 0.6) is 0 Å². The van der Waals surface area contributed by atoms with Crippen LogP contribution in [0.2, 0.25) is 5.02 Å². The minimum Gasteiger partial charge on any atom is -0.336 e. The third-order valence-electron chi connectivity index (χ3n) is 4.87. The van der Waals surface area contributed by atoms with E-state index in [1.165, 1.54) is 17.7 Å². The maximum absolute atomic E-state index is 13.2. The van der Waals surface area contributed by atoms with E-state index in [1.54, 1.807) is 15.9 Å². The van der Waals surface area contributed by atoms with Crippen molar-refractivity contribution in [3.8, 4) is 0 Å². The SMILES string of the molecule is Cc1ccc(/C=C/C(=O)N2CCN(C(=O)c3ccc(F)cc3Cl)CC2)c(C)c1. The van der Waals surface area contributed by atoms with Crippen LogP contribution >= 0.6 is 11.6 Å². The summed E-state index contributed by atoms with van der Waals surface area (Å²) >= 11 is 5.98. The maximum atomic E-state index is 13.2. The molecule has 2 aromatic rings. The number of hydrogen-bond donors (Lipinski definition) is 0. The number of piperazine rings is 1. The first-order chi connectivity index (χ1) is 13.3. The Kier molecular flexibility index (Phi) is 6.15. The number of carbonyl (C=O) groups excluding carboxylic acids is 2. The molecule has 0 N–H and O–H groups in total. The van der Waals surface area contributed by atoms with E-state index in [-0.39, 0.29) is 22.4 Å². The molecular weight excluding hydrogens is 379 g/mol. The van der Waals surface area contributed by atoms with Gasteiger partial charge in [0.1, 0.15) is 5.82 Å². The molecule has 6 heteroatoms. The lowest BCUT2D eigenvalue weighted by Crippen LogP contribution is -2.50. The molecule has 146 valence electrons. The van der Waals surface area contributed by atoms with Crippen LogP contribution in [0.15, 0.2) is 42.5 Å². The summed E-state index contributed by atoms with van der Waals surface area (Å²) in [5.41, 5.74) is 3.59. The van der Waals surface area contributed by atoms with Crippen molar-refractivity contribution in [3.05, 3.63) is 75.6 Å². The minimum absolute atomic E-state index is 0.0770. The monoisotopic (exact) mass is 400 g/mol. The van der Waals surface area contributed by atoms with Crippen molar-refractivity contribution < 1.29 is 14.0 Å². The van der Waals surface area contributed by atoms with Gasteiger partial charge in [-0.2, -0.15) is 0 Å². The van der Waals surface area contributed by atoms with Crippen LogP contribution < -0.4 is 0 Å². The van der Waals surface area contributed by atoms with E-state index >= 15 is 0 Å². The fourth-order valence-electron chi connectivity index (χ4n) is 3.24. The van der Waals surface area contributed by atoms with Gasteiger partial charge in [0.15, 0.2) is 0 Å². The number of rotatable bonds is 3. The van der Waals surface area contributed by atoms with E-state index in [0.717, 1.165) is 17.2 Å². The summed E-state index contributed by atoms with van der Waals surface area (Å²) in [5.74, 6) is -0.803. The Morgan fingerprint density at radius 2 is 1.68 bits per heavy atom. The Labute approximate surface area is 169 Å². The van der Waals surface area contributed by atoms with Gasteiger partial charge in [0.2, 0.25) is 5.91 Å². The molecule has 0 radical (unpaired) electrons. The molecule has 1 heterocycles. The number of halogens is 2. The zero-order valence-electron chi connectivity index (χ0n) is 15.9. The van der Waals surface area contributed by atoms with Gasteiger partial charge >= 0.3 is 0 Å². The summed E-state index contributed by atoms with van der Waals surface area (Å²) in [6.07, 6.45) is 3.40. The molecule has 1 aliphatic heterocycles. The van der Waals surface area contributed by atoms with Gasteiger partial charge in [-0.1, -0.05) is 35.4 Å². The molecule has 4 nitrogen and oxygen atoms in total. The molecule has 3 rings (SSSR count). The van der Waals surface area contributed by atoms with Crippen LogP contribution in [0.1, 0.15) is 27.0 Å². The molecule has 0 unspecified atom stereocenters. The number of nitrogens with zero attached hydrogens (tertiary/aromatic N) is 2. The molecular formula is C22H22ClFN2O2. The van der Waals surface area contributed by atoms with Gasteiger partial charge in [-0.05, 0) is 49.2 Å². The largest absolute Gasteiger partial charge is 0.336 e. The van der Waals surface area contributed by atoms with E-state index in [9.17, 15) is 14.0 Å². The van der Waals surface area contributed by atoms with Crippen molar-refractivity contribution in [2.24, 2.45) is 0 Å². The Bertz CT molecular complexity index is 934. The Morgan fingerprint density at radius 3 is 2.32 bits per heavy atom. The van der Waals surface area contributed by atoms with Gasteiger partial charge in [0.05, 0.1) is 10.6 Å². The summed E-state index contributed by atoms with van der Waals surface area (Å²) in [6.45, 7) is 5.76. The Morgan fingerprint density at radius 1 is 1.00 bits per heavy atom. The average Bonchev–Trinajstić information content (AvgIpc) is 2.67. The lowest BCUT2D eigenvalue weighted by Gasteiger charge is -2.34. The minimum atomic E-state index is -0.479. The van der Waals surface area contributed by atoms with E-state index < -0.39 is 5.82 Å². The topological polar surface area (TPSA) is 40.6 Å². The van der Waals surface area contributed by atoms with Crippen LogP contribution in [0.25, 0.3) is 6.08 Å². The fraction of sp³-hybridized carbons (Fsp3) is 0.273. The van der Waals surface area contributed by atoms with Gasteiger partial charge in [-0.15, -0.1) is 0 Å². The second kappa shape index (κ2) is 8.57. The van der Waals surface area contributed by atoms with E-state index in [2.05, 4.69) is 6.07 Å². The second-order valence-corrected chi connectivity index (χ2v) is 7.34.